The number of ether oxygens (including phenoxy) is 3. The molecule has 0 aromatic rings. The van der Waals surface area contributed by atoms with Crippen LogP contribution in [0.5, 0.6) is 0 Å². The number of carboxylic acids is 1. The van der Waals surface area contributed by atoms with Gasteiger partial charge in [-0.05, 0) is 51.4 Å². The molecule has 0 radical (unpaired) electrons. The van der Waals surface area contributed by atoms with Crippen molar-refractivity contribution in [2.45, 2.75) is 116 Å². The summed E-state index contributed by atoms with van der Waals surface area (Å²) >= 11 is 0. The van der Waals surface area contributed by atoms with E-state index in [-0.39, 0.29) is 55.5 Å². The fourth-order valence-corrected chi connectivity index (χ4v) is 4.06. The predicted octanol–water partition coefficient (Wildman–Crippen LogP) is 5.45. The topological polar surface area (TPSA) is 102 Å². The molecule has 0 heterocycles. The third-order valence-corrected chi connectivity index (χ3v) is 6.52. The fraction of sp³-hybridized carbons (Fsp3) is 0.727. The molecule has 8 nitrogen and oxygen atoms in total. The molecule has 41 heavy (non-hydrogen) atoms. The van der Waals surface area contributed by atoms with Crippen molar-refractivity contribution in [3.63, 3.8) is 0 Å². The standard InChI is InChI=1S/C33H57NO7/c1-6-8-10-12-14-16-18-20-22-24-32(36)41-29(27-39-26-25-30(33(37)38)34(3,4)5)28-40-31(35)23-21-19-17-15-13-11-9-7-2/h8,10,14,16-17,19,29-30H,6-7,9,11-13,15,18,20-28H2,1-5H3/b10-8+,16-14+,19-17+. The molecule has 236 valence electrons. The number of carbonyl (C=O) groups excluding carboxylic acids is 3. The molecule has 0 aromatic carbocycles. The number of nitrogens with zero attached hydrogens (tertiary/aromatic N) is 1. The Balaban J connectivity index is 4.64. The van der Waals surface area contributed by atoms with Gasteiger partial charge < -0.3 is 28.6 Å². The minimum Gasteiger partial charge on any atom is -0.544 e. The number of quaternary nitrogens is 1. The van der Waals surface area contributed by atoms with Gasteiger partial charge in [-0.25, -0.2) is 0 Å². The lowest BCUT2D eigenvalue weighted by Gasteiger charge is -2.34. The number of likely N-dealkylation sites (N-methyl/N-ethyl adjacent to an activating group) is 1. The monoisotopic (exact) mass is 579 g/mol. The smallest absolute Gasteiger partial charge is 0.306 e. The summed E-state index contributed by atoms with van der Waals surface area (Å²) in [5.74, 6) is -1.86. The van der Waals surface area contributed by atoms with E-state index in [1.807, 2.05) is 6.08 Å². The van der Waals surface area contributed by atoms with E-state index in [4.69, 9.17) is 14.2 Å². The molecule has 2 atom stereocenters. The van der Waals surface area contributed by atoms with Gasteiger partial charge in [-0.15, -0.1) is 0 Å². The highest BCUT2D eigenvalue weighted by Crippen LogP contribution is 2.10. The molecule has 0 aliphatic heterocycles. The number of aliphatic carboxylic acids is 1. The van der Waals surface area contributed by atoms with Gasteiger partial charge in [-0.2, -0.15) is 0 Å². The van der Waals surface area contributed by atoms with Gasteiger partial charge in [-0.1, -0.05) is 69.6 Å². The summed E-state index contributed by atoms with van der Waals surface area (Å²) in [6.07, 6.45) is 23.5. The second-order valence-electron chi connectivity index (χ2n) is 11.3. The van der Waals surface area contributed by atoms with Gasteiger partial charge in [0.2, 0.25) is 0 Å². The molecule has 0 saturated heterocycles. The summed E-state index contributed by atoms with van der Waals surface area (Å²) < 4.78 is 16.8. The fourth-order valence-electron chi connectivity index (χ4n) is 4.06. The van der Waals surface area contributed by atoms with E-state index < -0.39 is 18.1 Å². The number of carbonyl (C=O) groups is 3. The number of rotatable bonds is 26. The van der Waals surface area contributed by atoms with Crippen LogP contribution in [0.2, 0.25) is 0 Å². The van der Waals surface area contributed by atoms with E-state index >= 15 is 0 Å². The van der Waals surface area contributed by atoms with Crippen molar-refractivity contribution < 1.29 is 38.2 Å². The summed E-state index contributed by atoms with van der Waals surface area (Å²) in [6, 6.07) is -0.731. The van der Waals surface area contributed by atoms with Crippen molar-refractivity contribution in [1.82, 2.24) is 0 Å². The van der Waals surface area contributed by atoms with Crippen molar-refractivity contribution in [2.24, 2.45) is 0 Å². The van der Waals surface area contributed by atoms with Crippen LogP contribution in [-0.2, 0) is 28.6 Å². The quantitative estimate of drug-likeness (QED) is 0.0581. The number of esters is 2. The Kier molecular flexibility index (Phi) is 23.8. The van der Waals surface area contributed by atoms with Gasteiger partial charge in [0.15, 0.2) is 6.10 Å². The molecule has 0 N–H and O–H groups in total. The first-order chi connectivity index (χ1) is 19.6. The Morgan fingerprint density at radius 3 is 2.07 bits per heavy atom. The van der Waals surface area contributed by atoms with E-state index in [1.165, 1.54) is 19.3 Å². The third-order valence-electron chi connectivity index (χ3n) is 6.52. The first-order valence-corrected chi connectivity index (χ1v) is 15.5. The van der Waals surface area contributed by atoms with Gasteiger partial charge in [0.25, 0.3) is 0 Å². The maximum atomic E-state index is 12.5. The second-order valence-corrected chi connectivity index (χ2v) is 11.3. The Morgan fingerprint density at radius 1 is 0.756 bits per heavy atom. The first-order valence-electron chi connectivity index (χ1n) is 15.5. The highest BCUT2D eigenvalue weighted by Gasteiger charge is 2.25. The molecule has 2 unspecified atom stereocenters. The Labute approximate surface area is 249 Å². The van der Waals surface area contributed by atoms with Crippen LogP contribution in [0.15, 0.2) is 36.5 Å². The molecule has 0 aromatic heterocycles. The van der Waals surface area contributed by atoms with Gasteiger partial charge in [0.1, 0.15) is 12.6 Å². The average Bonchev–Trinajstić information content (AvgIpc) is 2.91. The van der Waals surface area contributed by atoms with Gasteiger partial charge in [0.05, 0.1) is 40.3 Å². The molecular weight excluding hydrogens is 522 g/mol. The summed E-state index contributed by atoms with van der Waals surface area (Å²) in [4.78, 5) is 36.2. The zero-order valence-corrected chi connectivity index (χ0v) is 26.4. The van der Waals surface area contributed by atoms with Crippen LogP contribution in [-0.4, -0.2) is 75.5 Å². The van der Waals surface area contributed by atoms with E-state index in [0.29, 0.717) is 12.8 Å². The van der Waals surface area contributed by atoms with Crippen LogP contribution in [0.1, 0.15) is 104 Å². The number of allylic oxidation sites excluding steroid dienone is 6. The Bertz CT molecular complexity index is 783. The predicted molar refractivity (Wildman–Crippen MR) is 162 cm³/mol. The number of hydrogen-bond donors (Lipinski definition) is 0. The normalized spacial score (nSPS) is 13.7. The van der Waals surface area contributed by atoms with Gasteiger partial charge in [0, 0.05) is 19.3 Å². The van der Waals surface area contributed by atoms with Crippen molar-refractivity contribution in [3.8, 4) is 0 Å². The highest BCUT2D eigenvalue weighted by atomic mass is 16.6. The van der Waals surface area contributed by atoms with Crippen LogP contribution in [0, 0.1) is 0 Å². The maximum Gasteiger partial charge on any atom is 0.306 e. The van der Waals surface area contributed by atoms with E-state index in [2.05, 4.69) is 44.2 Å². The molecule has 0 fully saturated rings. The molecule has 8 heteroatoms. The van der Waals surface area contributed by atoms with Crippen LogP contribution in [0.4, 0.5) is 0 Å². The van der Waals surface area contributed by atoms with Crippen molar-refractivity contribution in [2.75, 3.05) is 41.0 Å². The zero-order valence-electron chi connectivity index (χ0n) is 26.4. The minimum absolute atomic E-state index is 0.0155. The van der Waals surface area contributed by atoms with Crippen molar-refractivity contribution in [3.05, 3.63) is 36.5 Å². The lowest BCUT2D eigenvalue weighted by atomic mass is 10.1. The molecule has 0 rings (SSSR count). The molecule has 0 spiro atoms. The number of hydrogen-bond acceptors (Lipinski definition) is 7. The lowest BCUT2D eigenvalue weighted by molar-refractivity contribution is -0.889. The molecule has 0 aliphatic rings. The minimum atomic E-state index is -1.14. The summed E-state index contributed by atoms with van der Waals surface area (Å²) in [5, 5.41) is 11.5. The largest absolute Gasteiger partial charge is 0.544 e. The molecular formula is C33H57NO7. The maximum absolute atomic E-state index is 12.5. The molecule has 0 aliphatic carbocycles. The zero-order chi connectivity index (χ0) is 30.8. The van der Waals surface area contributed by atoms with Crippen LogP contribution in [0.25, 0.3) is 0 Å². The number of unbranched alkanes of at least 4 members (excludes halogenated alkanes) is 6. The van der Waals surface area contributed by atoms with E-state index in [1.54, 1.807) is 21.1 Å². The van der Waals surface area contributed by atoms with Crippen molar-refractivity contribution >= 4 is 17.9 Å². The van der Waals surface area contributed by atoms with Gasteiger partial charge in [-0.3, -0.25) is 9.59 Å². The lowest BCUT2D eigenvalue weighted by Crippen LogP contribution is -2.55. The summed E-state index contributed by atoms with van der Waals surface area (Å²) in [5.41, 5.74) is 0. The first kappa shape index (κ1) is 38.5. The van der Waals surface area contributed by atoms with Crippen LogP contribution in [0.3, 0.4) is 0 Å². The Hall–Kier alpha value is -2.45. The third kappa shape index (κ3) is 23.9. The number of carboxylic acid groups (broad SMARTS) is 1. The van der Waals surface area contributed by atoms with Crippen molar-refractivity contribution in [1.29, 1.82) is 0 Å². The molecule has 0 amide bonds. The summed E-state index contributed by atoms with van der Waals surface area (Å²) in [6.45, 7) is 4.36. The van der Waals surface area contributed by atoms with E-state index in [0.717, 1.165) is 38.5 Å². The SMILES string of the molecule is CC/C=C/C/C=C/CCCCC(=O)OC(COCCC(C(=O)[O-])[N+](C)(C)C)COC(=O)CC/C=C/CCCCCC. The second kappa shape index (κ2) is 25.3. The van der Waals surface area contributed by atoms with Gasteiger partial charge >= 0.3 is 11.9 Å². The van der Waals surface area contributed by atoms with Crippen LogP contribution >= 0.6 is 0 Å². The molecule has 0 saturated carbocycles. The average molecular weight is 580 g/mol. The van der Waals surface area contributed by atoms with Crippen LogP contribution < -0.4 is 5.11 Å². The van der Waals surface area contributed by atoms with E-state index in [9.17, 15) is 19.5 Å². The highest BCUT2D eigenvalue weighted by molar-refractivity contribution is 5.70. The summed E-state index contributed by atoms with van der Waals surface area (Å²) in [7, 11) is 5.35. The Morgan fingerprint density at radius 2 is 1.41 bits per heavy atom. The molecule has 0 bridgehead atoms.